The Bertz CT molecular complexity index is 101. The Kier molecular flexibility index (Phi) is 7.34. The highest BCUT2D eigenvalue weighted by Crippen LogP contribution is 2.25. The van der Waals surface area contributed by atoms with Crippen LogP contribution in [0.4, 0.5) is 0 Å². The minimum absolute atomic E-state index is 0.0602. The molecule has 1 unspecified atom stereocenters. The molecule has 6 nitrogen and oxygen atoms in total. The lowest BCUT2D eigenvalue weighted by Crippen LogP contribution is -2.18. The van der Waals surface area contributed by atoms with Crippen LogP contribution in [0.1, 0.15) is 6.92 Å². The van der Waals surface area contributed by atoms with E-state index < -0.39 is 7.82 Å². The maximum atomic E-state index is 8.88. The molecule has 0 amide bonds. The summed E-state index contributed by atoms with van der Waals surface area (Å²) < 4.78 is 8.88. The second kappa shape index (κ2) is 5.79. The molecule has 10 heavy (non-hydrogen) atoms. The lowest BCUT2D eigenvalue weighted by molar-refractivity contribution is 0.273. The van der Waals surface area contributed by atoms with E-state index in [0.29, 0.717) is 0 Å². The van der Waals surface area contributed by atoms with Crippen LogP contribution in [0.15, 0.2) is 0 Å². The molecule has 0 saturated heterocycles. The molecule has 0 aromatic heterocycles. The number of aliphatic hydroxyl groups excluding tert-OH is 1. The van der Waals surface area contributed by atoms with Gasteiger partial charge in [0.25, 0.3) is 0 Å². The van der Waals surface area contributed by atoms with Gasteiger partial charge in [-0.15, -0.1) is 0 Å². The van der Waals surface area contributed by atoms with Gasteiger partial charge >= 0.3 is 7.82 Å². The van der Waals surface area contributed by atoms with Crippen LogP contribution >= 0.6 is 7.82 Å². The van der Waals surface area contributed by atoms with E-state index in [9.17, 15) is 0 Å². The molecule has 0 aromatic carbocycles. The highest BCUT2D eigenvalue weighted by molar-refractivity contribution is 7.45. The molecular weight excluding hydrogens is 161 g/mol. The first-order chi connectivity index (χ1) is 4.27. The summed E-state index contributed by atoms with van der Waals surface area (Å²) in [4.78, 5) is 21.6. The Balaban J connectivity index is 0. The molecule has 0 aliphatic rings. The van der Waals surface area contributed by atoms with Gasteiger partial charge in [-0.1, -0.05) is 0 Å². The number of hydrogen-bond donors (Lipinski definition) is 5. The first kappa shape index (κ1) is 12.7. The summed E-state index contributed by atoms with van der Waals surface area (Å²) in [6.45, 7) is 1.83. The van der Waals surface area contributed by atoms with Crippen LogP contribution in [-0.4, -0.2) is 32.4 Å². The van der Waals surface area contributed by atoms with E-state index in [4.69, 9.17) is 30.1 Å². The lowest BCUT2D eigenvalue weighted by Gasteiger charge is -1.91. The summed E-state index contributed by atoms with van der Waals surface area (Å²) >= 11 is 0. The SMILES string of the molecule is CC(N)CO.O=P(O)(O)O. The van der Waals surface area contributed by atoms with Crippen molar-refractivity contribution >= 4 is 7.82 Å². The second-order valence-corrected chi connectivity index (χ2v) is 2.70. The van der Waals surface area contributed by atoms with Crippen LogP contribution < -0.4 is 5.73 Å². The zero-order valence-electron chi connectivity index (χ0n) is 5.51. The molecule has 0 spiro atoms. The topological polar surface area (TPSA) is 124 Å². The molecule has 0 fully saturated rings. The van der Waals surface area contributed by atoms with E-state index in [2.05, 4.69) is 0 Å². The largest absolute Gasteiger partial charge is 0.466 e. The first-order valence-electron chi connectivity index (χ1n) is 2.42. The molecule has 64 valence electrons. The van der Waals surface area contributed by atoms with Gasteiger partial charge in [0, 0.05) is 6.04 Å². The van der Waals surface area contributed by atoms with Gasteiger partial charge in [-0.25, -0.2) is 4.57 Å². The number of nitrogens with two attached hydrogens (primary N) is 1. The van der Waals surface area contributed by atoms with Gasteiger partial charge in [0.15, 0.2) is 0 Å². The minimum Gasteiger partial charge on any atom is -0.395 e. The average molecular weight is 173 g/mol. The third kappa shape index (κ3) is 96.3. The Labute approximate surface area is 58.5 Å². The predicted octanol–water partition coefficient (Wildman–Crippen LogP) is -1.60. The monoisotopic (exact) mass is 173 g/mol. The van der Waals surface area contributed by atoms with E-state index in [-0.39, 0.29) is 12.6 Å². The number of phosphoric acid groups is 1. The van der Waals surface area contributed by atoms with Crippen molar-refractivity contribution in [3.63, 3.8) is 0 Å². The van der Waals surface area contributed by atoms with Crippen LogP contribution in [0, 0.1) is 0 Å². The summed E-state index contributed by atoms with van der Waals surface area (Å²) in [7, 11) is -4.64. The van der Waals surface area contributed by atoms with Gasteiger partial charge in [-0.05, 0) is 6.92 Å². The fourth-order valence-corrected chi connectivity index (χ4v) is 0. The zero-order valence-corrected chi connectivity index (χ0v) is 6.40. The van der Waals surface area contributed by atoms with Gasteiger partial charge < -0.3 is 25.5 Å². The zero-order chi connectivity index (χ0) is 8.78. The van der Waals surface area contributed by atoms with Crippen LogP contribution in [0.3, 0.4) is 0 Å². The fourth-order valence-electron chi connectivity index (χ4n) is 0. The highest BCUT2D eigenvalue weighted by Gasteiger charge is 2.00. The Morgan fingerprint density at radius 2 is 1.60 bits per heavy atom. The molecule has 0 aliphatic carbocycles. The molecule has 0 saturated carbocycles. The molecule has 0 bridgehead atoms. The van der Waals surface area contributed by atoms with Gasteiger partial charge in [0.05, 0.1) is 6.61 Å². The Morgan fingerprint density at radius 1 is 1.50 bits per heavy atom. The predicted molar refractivity (Wildman–Crippen MR) is 35.0 cm³/mol. The van der Waals surface area contributed by atoms with Crippen molar-refractivity contribution in [3.05, 3.63) is 0 Å². The van der Waals surface area contributed by atoms with Crippen molar-refractivity contribution in [2.75, 3.05) is 6.61 Å². The number of hydrogen-bond acceptors (Lipinski definition) is 3. The molecule has 0 heterocycles. The minimum atomic E-state index is -4.64. The van der Waals surface area contributed by atoms with Crippen LogP contribution in [0.25, 0.3) is 0 Å². The van der Waals surface area contributed by atoms with Crippen molar-refractivity contribution in [3.8, 4) is 0 Å². The molecule has 0 aliphatic heterocycles. The standard InChI is InChI=1S/C3H9NO.H3O4P/c1-3(4)2-5;1-5(2,3)4/h3,5H,2,4H2,1H3;(H3,1,2,3,4). The van der Waals surface area contributed by atoms with Crippen LogP contribution in [0.5, 0.6) is 0 Å². The summed E-state index contributed by atoms with van der Waals surface area (Å²) in [5.74, 6) is 0. The van der Waals surface area contributed by atoms with E-state index in [1.165, 1.54) is 0 Å². The summed E-state index contributed by atoms with van der Waals surface area (Å²) in [6, 6.07) is -0.0602. The van der Waals surface area contributed by atoms with Gasteiger partial charge in [-0.3, -0.25) is 0 Å². The number of aliphatic hydroxyl groups is 1. The lowest BCUT2D eigenvalue weighted by atomic mass is 10.4. The van der Waals surface area contributed by atoms with Crippen molar-refractivity contribution in [1.82, 2.24) is 0 Å². The van der Waals surface area contributed by atoms with E-state index >= 15 is 0 Å². The molecule has 1 atom stereocenters. The third-order valence-electron chi connectivity index (χ3n) is 0.288. The second-order valence-electron chi connectivity index (χ2n) is 1.67. The molecular formula is C3H12NO5P. The highest BCUT2D eigenvalue weighted by atomic mass is 31.2. The van der Waals surface area contributed by atoms with Crippen molar-refractivity contribution in [1.29, 1.82) is 0 Å². The molecule has 0 radical (unpaired) electrons. The normalized spacial score (nSPS) is 13.4. The van der Waals surface area contributed by atoms with Gasteiger partial charge in [-0.2, -0.15) is 0 Å². The molecule has 7 heteroatoms. The Morgan fingerprint density at radius 3 is 1.60 bits per heavy atom. The first-order valence-corrected chi connectivity index (χ1v) is 3.98. The maximum Gasteiger partial charge on any atom is 0.466 e. The van der Waals surface area contributed by atoms with Crippen molar-refractivity contribution < 1.29 is 24.4 Å². The van der Waals surface area contributed by atoms with Gasteiger partial charge in [0.2, 0.25) is 0 Å². The summed E-state index contributed by atoms with van der Waals surface area (Å²) in [5.41, 5.74) is 5.04. The van der Waals surface area contributed by atoms with Crippen molar-refractivity contribution in [2.45, 2.75) is 13.0 Å². The quantitative estimate of drug-likeness (QED) is 0.304. The fraction of sp³-hybridized carbons (Fsp3) is 1.00. The smallest absolute Gasteiger partial charge is 0.395 e. The van der Waals surface area contributed by atoms with Gasteiger partial charge in [0.1, 0.15) is 0 Å². The van der Waals surface area contributed by atoms with E-state index in [0.717, 1.165) is 0 Å². The third-order valence-corrected chi connectivity index (χ3v) is 0.288. The molecule has 0 aromatic rings. The van der Waals surface area contributed by atoms with E-state index in [1.54, 1.807) is 6.92 Å². The molecule has 6 N–H and O–H groups in total. The van der Waals surface area contributed by atoms with Crippen LogP contribution in [-0.2, 0) is 4.57 Å². The van der Waals surface area contributed by atoms with Crippen molar-refractivity contribution in [2.24, 2.45) is 5.73 Å². The Hall–Kier alpha value is 0.0300. The molecule has 0 rings (SSSR count). The summed E-state index contributed by atoms with van der Waals surface area (Å²) in [6.07, 6.45) is 0. The average Bonchev–Trinajstić information content (AvgIpc) is 1.61. The number of rotatable bonds is 1. The maximum absolute atomic E-state index is 8.88. The van der Waals surface area contributed by atoms with Crippen LogP contribution in [0.2, 0.25) is 0 Å². The van der Waals surface area contributed by atoms with E-state index in [1.807, 2.05) is 0 Å². The summed E-state index contributed by atoms with van der Waals surface area (Å²) in [5, 5.41) is 8.02.